The van der Waals surface area contributed by atoms with Crippen LogP contribution in [0.5, 0.6) is 0 Å². The van der Waals surface area contributed by atoms with Crippen molar-refractivity contribution in [2.75, 3.05) is 0 Å². The Kier molecular flexibility index (Phi) is 4.77. The lowest BCUT2D eigenvalue weighted by atomic mass is 9.75. The topological polar surface area (TPSA) is 49.7 Å². The summed E-state index contributed by atoms with van der Waals surface area (Å²) in [5.74, 6) is 1.51. The van der Waals surface area contributed by atoms with Crippen LogP contribution in [-0.4, -0.2) is 28.2 Å². The number of aliphatic hydroxyl groups is 2. The van der Waals surface area contributed by atoms with Crippen LogP contribution < -0.4 is 0 Å². The van der Waals surface area contributed by atoms with Crippen LogP contribution in [0.3, 0.4) is 0 Å². The van der Waals surface area contributed by atoms with E-state index in [9.17, 15) is 10.2 Å². The molecule has 3 heteroatoms. The van der Waals surface area contributed by atoms with E-state index in [2.05, 4.69) is 13.8 Å². The zero-order chi connectivity index (χ0) is 12.3. The third kappa shape index (κ3) is 3.72. The minimum Gasteiger partial charge on any atom is -0.388 e. The second-order valence-electron chi connectivity index (χ2n) is 5.78. The molecule has 0 spiro atoms. The fourth-order valence-electron chi connectivity index (χ4n) is 2.43. The molecule has 1 rings (SSSR count). The molecule has 2 atom stereocenters. The Morgan fingerprint density at radius 2 is 1.62 bits per heavy atom. The molecule has 0 heterocycles. The van der Waals surface area contributed by atoms with Gasteiger partial charge >= 0.3 is 0 Å². The molecule has 0 aromatic carbocycles. The van der Waals surface area contributed by atoms with Gasteiger partial charge in [-0.05, 0) is 51.4 Å². The van der Waals surface area contributed by atoms with E-state index in [0.29, 0.717) is 0 Å². The summed E-state index contributed by atoms with van der Waals surface area (Å²) in [6.45, 7) is 8.11. The summed E-state index contributed by atoms with van der Waals surface area (Å²) in [7, 11) is 0. The first-order valence-electron chi connectivity index (χ1n) is 6.38. The molecular formula is C13H26O3. The van der Waals surface area contributed by atoms with Gasteiger partial charge in [-0.1, -0.05) is 13.8 Å². The SMILES string of the molecule is CC(C)C1CCC(C)(OC(O)C(C)O)CC1. The van der Waals surface area contributed by atoms with Crippen LogP contribution in [0, 0.1) is 11.8 Å². The van der Waals surface area contributed by atoms with Gasteiger partial charge in [0.2, 0.25) is 0 Å². The normalized spacial score (nSPS) is 35.1. The minimum absolute atomic E-state index is 0.262. The standard InChI is InChI=1S/C13H26O3/c1-9(2)11-5-7-13(4,8-6-11)16-12(15)10(3)14/h9-12,14-15H,5-8H2,1-4H3. The van der Waals surface area contributed by atoms with Crippen molar-refractivity contribution in [2.45, 2.75) is 71.4 Å². The maximum atomic E-state index is 9.55. The van der Waals surface area contributed by atoms with Gasteiger partial charge < -0.3 is 14.9 Å². The Labute approximate surface area is 98.8 Å². The molecule has 3 nitrogen and oxygen atoms in total. The van der Waals surface area contributed by atoms with Gasteiger partial charge in [-0.2, -0.15) is 0 Å². The monoisotopic (exact) mass is 230 g/mol. The van der Waals surface area contributed by atoms with Crippen molar-refractivity contribution in [1.82, 2.24) is 0 Å². The fourth-order valence-corrected chi connectivity index (χ4v) is 2.43. The molecule has 0 saturated heterocycles. The molecule has 1 aliphatic rings. The zero-order valence-electron chi connectivity index (χ0n) is 10.9. The lowest BCUT2D eigenvalue weighted by Crippen LogP contribution is -2.41. The number of rotatable bonds is 4. The minimum atomic E-state index is -1.06. The van der Waals surface area contributed by atoms with Crippen LogP contribution in [0.1, 0.15) is 53.4 Å². The molecule has 2 N–H and O–H groups in total. The summed E-state index contributed by atoms with van der Waals surface area (Å²) in [5.41, 5.74) is -0.262. The van der Waals surface area contributed by atoms with E-state index < -0.39 is 12.4 Å². The third-order valence-electron chi connectivity index (χ3n) is 3.85. The van der Waals surface area contributed by atoms with E-state index >= 15 is 0 Å². The Balaban J connectivity index is 2.44. The Bertz CT molecular complexity index is 205. The number of ether oxygens (including phenoxy) is 1. The van der Waals surface area contributed by atoms with Crippen LogP contribution in [0.4, 0.5) is 0 Å². The first-order chi connectivity index (χ1) is 7.34. The highest BCUT2D eigenvalue weighted by molar-refractivity contribution is 4.85. The van der Waals surface area contributed by atoms with Crippen LogP contribution in [0.2, 0.25) is 0 Å². The van der Waals surface area contributed by atoms with E-state index in [1.165, 1.54) is 0 Å². The average Bonchev–Trinajstić information content (AvgIpc) is 2.17. The van der Waals surface area contributed by atoms with Gasteiger partial charge in [0.15, 0.2) is 6.29 Å². The maximum Gasteiger partial charge on any atom is 0.181 e. The lowest BCUT2D eigenvalue weighted by Gasteiger charge is -2.40. The van der Waals surface area contributed by atoms with Crippen molar-refractivity contribution in [3.8, 4) is 0 Å². The summed E-state index contributed by atoms with van der Waals surface area (Å²) in [4.78, 5) is 0. The fraction of sp³-hybridized carbons (Fsp3) is 1.00. The molecule has 0 radical (unpaired) electrons. The van der Waals surface area contributed by atoms with Crippen LogP contribution in [-0.2, 0) is 4.74 Å². The molecular weight excluding hydrogens is 204 g/mol. The molecule has 2 unspecified atom stereocenters. The van der Waals surface area contributed by atoms with Gasteiger partial charge in [-0.15, -0.1) is 0 Å². The van der Waals surface area contributed by atoms with Gasteiger partial charge in [0, 0.05) is 0 Å². The van der Waals surface area contributed by atoms with Crippen molar-refractivity contribution in [2.24, 2.45) is 11.8 Å². The molecule has 96 valence electrons. The van der Waals surface area contributed by atoms with Crippen LogP contribution in [0.25, 0.3) is 0 Å². The van der Waals surface area contributed by atoms with E-state index in [1.807, 2.05) is 6.92 Å². The van der Waals surface area contributed by atoms with Crippen molar-refractivity contribution in [3.05, 3.63) is 0 Å². The highest BCUT2D eigenvalue weighted by atomic mass is 16.6. The highest BCUT2D eigenvalue weighted by Gasteiger charge is 2.35. The number of aliphatic hydroxyl groups excluding tert-OH is 2. The van der Waals surface area contributed by atoms with Gasteiger partial charge in [0.25, 0.3) is 0 Å². The van der Waals surface area contributed by atoms with Crippen molar-refractivity contribution in [3.63, 3.8) is 0 Å². The third-order valence-corrected chi connectivity index (χ3v) is 3.85. The molecule has 1 aliphatic carbocycles. The molecule has 0 amide bonds. The average molecular weight is 230 g/mol. The summed E-state index contributed by atoms with van der Waals surface area (Å²) in [5, 5.41) is 18.8. The van der Waals surface area contributed by atoms with Crippen molar-refractivity contribution < 1.29 is 14.9 Å². The lowest BCUT2D eigenvalue weighted by molar-refractivity contribution is -0.227. The molecule has 0 aromatic heterocycles. The quantitative estimate of drug-likeness (QED) is 0.729. The Morgan fingerprint density at radius 3 is 2.00 bits per heavy atom. The van der Waals surface area contributed by atoms with Crippen molar-refractivity contribution in [1.29, 1.82) is 0 Å². The van der Waals surface area contributed by atoms with E-state index in [1.54, 1.807) is 6.92 Å². The van der Waals surface area contributed by atoms with Gasteiger partial charge in [-0.25, -0.2) is 0 Å². The molecule has 16 heavy (non-hydrogen) atoms. The smallest absolute Gasteiger partial charge is 0.181 e. The van der Waals surface area contributed by atoms with Crippen LogP contribution in [0.15, 0.2) is 0 Å². The van der Waals surface area contributed by atoms with Crippen LogP contribution >= 0.6 is 0 Å². The Hall–Kier alpha value is -0.120. The van der Waals surface area contributed by atoms with E-state index in [4.69, 9.17) is 4.74 Å². The first-order valence-corrected chi connectivity index (χ1v) is 6.38. The number of hydrogen-bond donors (Lipinski definition) is 2. The summed E-state index contributed by atoms with van der Waals surface area (Å²) >= 11 is 0. The molecule has 0 aromatic rings. The van der Waals surface area contributed by atoms with Crippen molar-refractivity contribution >= 4 is 0 Å². The molecule has 0 aliphatic heterocycles. The summed E-state index contributed by atoms with van der Waals surface area (Å²) in [6.07, 6.45) is 2.38. The summed E-state index contributed by atoms with van der Waals surface area (Å²) < 4.78 is 5.57. The summed E-state index contributed by atoms with van der Waals surface area (Å²) in [6, 6.07) is 0. The molecule has 1 fully saturated rings. The maximum absolute atomic E-state index is 9.55. The van der Waals surface area contributed by atoms with Gasteiger partial charge in [0.1, 0.15) is 6.10 Å². The zero-order valence-corrected chi connectivity index (χ0v) is 10.9. The largest absolute Gasteiger partial charge is 0.388 e. The Morgan fingerprint density at radius 1 is 1.12 bits per heavy atom. The molecule has 0 bridgehead atoms. The molecule has 1 saturated carbocycles. The van der Waals surface area contributed by atoms with E-state index in [-0.39, 0.29) is 5.60 Å². The van der Waals surface area contributed by atoms with Gasteiger partial charge in [-0.3, -0.25) is 0 Å². The highest BCUT2D eigenvalue weighted by Crippen LogP contribution is 2.38. The predicted molar refractivity (Wildman–Crippen MR) is 64.0 cm³/mol. The predicted octanol–water partition coefficient (Wildman–Crippen LogP) is 2.31. The van der Waals surface area contributed by atoms with E-state index in [0.717, 1.165) is 37.5 Å². The number of hydrogen-bond acceptors (Lipinski definition) is 3. The van der Waals surface area contributed by atoms with Gasteiger partial charge in [0.05, 0.1) is 5.60 Å². The second-order valence-corrected chi connectivity index (χ2v) is 5.78. The first kappa shape index (κ1) is 13.9. The second kappa shape index (κ2) is 5.48.